The molecule has 1 aromatic heterocycles. The molecule has 1 N–H and O–H groups in total. The second kappa shape index (κ2) is 5.01. The van der Waals surface area contributed by atoms with Crippen molar-refractivity contribution >= 4 is 18.2 Å². The van der Waals surface area contributed by atoms with Crippen LogP contribution in [0.1, 0.15) is 31.7 Å². The highest BCUT2D eigenvalue weighted by Crippen LogP contribution is 2.37. The Morgan fingerprint density at radius 1 is 1.50 bits per heavy atom. The molecule has 5 nitrogen and oxygen atoms in total. The molecule has 0 radical (unpaired) electrons. The van der Waals surface area contributed by atoms with Gasteiger partial charge in [-0.1, -0.05) is 0 Å². The number of hydrogen-bond donors (Lipinski definition) is 1. The number of nitrogens with one attached hydrogen (secondary N) is 1. The Bertz CT molecular complexity index is 459. The van der Waals surface area contributed by atoms with E-state index in [1.807, 2.05) is 0 Å². The third-order valence-corrected chi connectivity index (χ3v) is 4.01. The van der Waals surface area contributed by atoms with E-state index in [0.717, 1.165) is 30.5 Å². The first kappa shape index (κ1) is 12.2. The zero-order valence-corrected chi connectivity index (χ0v) is 11.6. The molecule has 18 heavy (non-hydrogen) atoms. The van der Waals surface area contributed by atoms with Gasteiger partial charge in [0, 0.05) is 26.2 Å². The number of aromatic nitrogens is 3. The summed E-state index contributed by atoms with van der Waals surface area (Å²) >= 11 is 5.31. The predicted molar refractivity (Wildman–Crippen MR) is 72.5 cm³/mol. The van der Waals surface area contributed by atoms with Gasteiger partial charge in [0.1, 0.15) is 0 Å². The van der Waals surface area contributed by atoms with Gasteiger partial charge >= 0.3 is 0 Å². The standard InChI is InChI=1S/C12H20N4OS/c1-15(7-9-3-2-6-17-8-9)11-13-14-12(18)16(11)10-4-5-10/h9-10H,2-8H2,1H3,(H,14,18). The van der Waals surface area contributed by atoms with Crippen molar-refractivity contribution in [2.45, 2.75) is 31.7 Å². The van der Waals surface area contributed by atoms with Crippen LogP contribution in [0.15, 0.2) is 0 Å². The summed E-state index contributed by atoms with van der Waals surface area (Å²) in [4.78, 5) is 2.21. The Labute approximate surface area is 112 Å². The zero-order valence-electron chi connectivity index (χ0n) is 10.8. The van der Waals surface area contributed by atoms with Crippen molar-refractivity contribution in [3.63, 3.8) is 0 Å². The molecular formula is C12H20N4OS. The van der Waals surface area contributed by atoms with Gasteiger partial charge in [0.15, 0.2) is 4.77 Å². The minimum absolute atomic E-state index is 0.566. The lowest BCUT2D eigenvalue weighted by Crippen LogP contribution is -2.32. The van der Waals surface area contributed by atoms with Crippen molar-refractivity contribution in [1.29, 1.82) is 0 Å². The molecule has 1 atom stereocenters. The molecule has 1 saturated heterocycles. The summed E-state index contributed by atoms with van der Waals surface area (Å²) in [7, 11) is 2.10. The lowest BCUT2D eigenvalue weighted by Gasteiger charge is -2.27. The molecule has 0 aromatic carbocycles. The van der Waals surface area contributed by atoms with Crippen molar-refractivity contribution in [2.24, 2.45) is 5.92 Å². The molecule has 3 rings (SSSR count). The summed E-state index contributed by atoms with van der Waals surface area (Å²) in [6.45, 7) is 2.78. The van der Waals surface area contributed by atoms with Crippen molar-refractivity contribution in [2.75, 3.05) is 31.7 Å². The van der Waals surface area contributed by atoms with E-state index in [9.17, 15) is 0 Å². The van der Waals surface area contributed by atoms with Crippen LogP contribution in [0.2, 0.25) is 0 Å². The van der Waals surface area contributed by atoms with E-state index in [0.29, 0.717) is 12.0 Å². The third kappa shape index (κ3) is 2.44. The van der Waals surface area contributed by atoms with Gasteiger partial charge in [-0.3, -0.25) is 4.57 Å². The topological polar surface area (TPSA) is 46.1 Å². The fourth-order valence-electron chi connectivity index (χ4n) is 2.65. The van der Waals surface area contributed by atoms with Crippen molar-refractivity contribution in [3.8, 4) is 0 Å². The molecular weight excluding hydrogens is 248 g/mol. The molecule has 1 aliphatic carbocycles. The normalized spacial score (nSPS) is 24.2. The van der Waals surface area contributed by atoms with Crippen LogP contribution in [0, 0.1) is 10.7 Å². The van der Waals surface area contributed by atoms with Crippen LogP contribution in [0.5, 0.6) is 0 Å². The third-order valence-electron chi connectivity index (χ3n) is 3.73. The Kier molecular flexibility index (Phi) is 3.39. The minimum atomic E-state index is 0.566. The van der Waals surface area contributed by atoms with Gasteiger partial charge in [-0.15, -0.1) is 5.10 Å². The fraction of sp³-hybridized carbons (Fsp3) is 0.833. The highest BCUT2D eigenvalue weighted by molar-refractivity contribution is 7.71. The largest absolute Gasteiger partial charge is 0.381 e. The first-order valence-electron chi connectivity index (χ1n) is 6.71. The van der Waals surface area contributed by atoms with Gasteiger partial charge in [0.05, 0.1) is 6.61 Å². The van der Waals surface area contributed by atoms with Crippen molar-refractivity contribution in [1.82, 2.24) is 14.8 Å². The van der Waals surface area contributed by atoms with E-state index >= 15 is 0 Å². The summed E-state index contributed by atoms with van der Waals surface area (Å²) in [6.07, 6.45) is 4.87. The second-order valence-corrected chi connectivity index (χ2v) is 5.78. The van der Waals surface area contributed by atoms with Gasteiger partial charge in [-0.2, -0.15) is 0 Å². The maximum atomic E-state index is 5.53. The van der Waals surface area contributed by atoms with Crippen LogP contribution in [0.25, 0.3) is 0 Å². The van der Waals surface area contributed by atoms with Gasteiger partial charge in [0.25, 0.3) is 0 Å². The highest BCUT2D eigenvalue weighted by Gasteiger charge is 2.29. The van der Waals surface area contributed by atoms with Crippen LogP contribution in [-0.2, 0) is 4.74 Å². The highest BCUT2D eigenvalue weighted by atomic mass is 32.1. The molecule has 2 fully saturated rings. The van der Waals surface area contributed by atoms with Gasteiger partial charge in [0.2, 0.25) is 5.95 Å². The summed E-state index contributed by atoms with van der Waals surface area (Å²) in [5.74, 6) is 1.59. The molecule has 0 bridgehead atoms. The Balaban J connectivity index is 1.71. The molecule has 100 valence electrons. The molecule has 6 heteroatoms. The molecule has 2 aliphatic rings. The number of ether oxygens (including phenoxy) is 1. The van der Waals surface area contributed by atoms with Crippen molar-refractivity contribution < 1.29 is 4.74 Å². The number of H-pyrrole nitrogens is 1. The van der Waals surface area contributed by atoms with Gasteiger partial charge in [-0.05, 0) is 43.8 Å². The smallest absolute Gasteiger partial charge is 0.225 e. The first-order valence-corrected chi connectivity index (χ1v) is 7.12. The number of anilines is 1. The van der Waals surface area contributed by atoms with Gasteiger partial charge < -0.3 is 9.64 Å². The Hall–Kier alpha value is -0.880. The molecule has 0 amide bonds. The second-order valence-electron chi connectivity index (χ2n) is 5.39. The fourth-order valence-corrected chi connectivity index (χ4v) is 2.92. The van der Waals surface area contributed by atoms with Crippen LogP contribution in [-0.4, -0.2) is 41.6 Å². The molecule has 1 unspecified atom stereocenters. The zero-order chi connectivity index (χ0) is 12.5. The maximum Gasteiger partial charge on any atom is 0.225 e. The predicted octanol–water partition coefficient (Wildman–Crippen LogP) is 2.14. The lowest BCUT2D eigenvalue weighted by atomic mass is 10.0. The monoisotopic (exact) mass is 268 g/mol. The van der Waals surface area contributed by atoms with E-state index in [4.69, 9.17) is 17.0 Å². The summed E-state index contributed by atoms with van der Waals surface area (Å²) in [5.41, 5.74) is 0. The molecule has 0 spiro atoms. The quantitative estimate of drug-likeness (QED) is 0.850. The average Bonchev–Trinajstić information content (AvgIpc) is 3.13. The SMILES string of the molecule is CN(CC1CCCOC1)c1n[nH]c(=S)n1C1CC1. The average molecular weight is 268 g/mol. The number of rotatable bonds is 4. The van der Waals surface area contributed by atoms with E-state index in [1.54, 1.807) is 0 Å². The number of aromatic amines is 1. The van der Waals surface area contributed by atoms with E-state index in [1.165, 1.54) is 25.7 Å². The van der Waals surface area contributed by atoms with E-state index in [2.05, 4.69) is 26.7 Å². The lowest BCUT2D eigenvalue weighted by molar-refractivity contribution is 0.0575. The van der Waals surface area contributed by atoms with Crippen LogP contribution in [0.4, 0.5) is 5.95 Å². The van der Waals surface area contributed by atoms with E-state index < -0.39 is 0 Å². The number of hydrogen-bond acceptors (Lipinski definition) is 4. The minimum Gasteiger partial charge on any atom is -0.381 e. The van der Waals surface area contributed by atoms with E-state index in [-0.39, 0.29) is 0 Å². The summed E-state index contributed by atoms with van der Waals surface area (Å²) < 4.78 is 8.45. The Morgan fingerprint density at radius 2 is 2.33 bits per heavy atom. The van der Waals surface area contributed by atoms with Crippen LogP contribution >= 0.6 is 12.2 Å². The van der Waals surface area contributed by atoms with Gasteiger partial charge in [-0.25, -0.2) is 5.10 Å². The number of nitrogens with zero attached hydrogens (tertiary/aromatic N) is 3. The van der Waals surface area contributed by atoms with Crippen LogP contribution in [0.3, 0.4) is 0 Å². The Morgan fingerprint density at radius 3 is 3.00 bits per heavy atom. The maximum absolute atomic E-state index is 5.53. The molecule has 1 aliphatic heterocycles. The van der Waals surface area contributed by atoms with Crippen molar-refractivity contribution in [3.05, 3.63) is 4.77 Å². The summed E-state index contributed by atoms with van der Waals surface area (Å²) in [5, 5.41) is 7.29. The van der Waals surface area contributed by atoms with Crippen LogP contribution < -0.4 is 4.90 Å². The molecule has 1 saturated carbocycles. The molecule has 1 aromatic rings. The summed E-state index contributed by atoms with van der Waals surface area (Å²) in [6, 6.07) is 0.566. The first-order chi connectivity index (χ1) is 8.75. The molecule has 2 heterocycles.